The van der Waals surface area contributed by atoms with E-state index in [9.17, 15) is 4.79 Å². The van der Waals surface area contributed by atoms with E-state index in [1.165, 1.54) is 19.3 Å². The van der Waals surface area contributed by atoms with Crippen LogP contribution in [0.3, 0.4) is 0 Å². The summed E-state index contributed by atoms with van der Waals surface area (Å²) in [5.74, 6) is 0.839. The van der Waals surface area contributed by atoms with Gasteiger partial charge >= 0.3 is 0 Å². The quantitative estimate of drug-likeness (QED) is 0.704. The monoisotopic (exact) mass is 269 g/mol. The van der Waals surface area contributed by atoms with Crippen molar-refractivity contribution < 1.29 is 4.79 Å². The van der Waals surface area contributed by atoms with Crippen LogP contribution in [-0.2, 0) is 4.79 Å². The molecule has 4 nitrogen and oxygen atoms in total. The first-order valence-corrected chi connectivity index (χ1v) is 7.96. The molecule has 4 heteroatoms. The van der Waals surface area contributed by atoms with Crippen molar-refractivity contribution in [3.05, 3.63) is 0 Å². The van der Waals surface area contributed by atoms with Crippen LogP contribution in [0.1, 0.15) is 46.0 Å². The summed E-state index contributed by atoms with van der Waals surface area (Å²) in [7, 11) is 0. The number of unbranched alkanes of at least 4 members (excludes halogenated alkanes) is 1. The number of hydrogen-bond acceptors (Lipinski definition) is 3. The van der Waals surface area contributed by atoms with Crippen LogP contribution < -0.4 is 10.6 Å². The SMILES string of the molecule is CCCCC(CC)CNC(=O)CN1CCCNCC1. The van der Waals surface area contributed by atoms with Crippen molar-refractivity contribution >= 4 is 5.91 Å². The van der Waals surface area contributed by atoms with Gasteiger partial charge < -0.3 is 10.6 Å². The van der Waals surface area contributed by atoms with E-state index >= 15 is 0 Å². The molecule has 0 aromatic heterocycles. The molecule has 0 aliphatic carbocycles. The van der Waals surface area contributed by atoms with Crippen LogP contribution in [0.4, 0.5) is 0 Å². The molecule has 1 rings (SSSR count). The second-order valence-electron chi connectivity index (χ2n) is 5.60. The summed E-state index contributed by atoms with van der Waals surface area (Å²) in [6.45, 7) is 9.95. The van der Waals surface area contributed by atoms with E-state index in [0.717, 1.165) is 45.6 Å². The Bertz CT molecular complexity index is 238. The summed E-state index contributed by atoms with van der Waals surface area (Å²) in [5, 5.41) is 6.47. The summed E-state index contributed by atoms with van der Waals surface area (Å²) in [5.41, 5.74) is 0. The lowest BCUT2D eigenvalue weighted by Crippen LogP contribution is -2.40. The number of amides is 1. The summed E-state index contributed by atoms with van der Waals surface area (Å²) in [6, 6.07) is 0. The Morgan fingerprint density at radius 2 is 2.16 bits per heavy atom. The zero-order valence-corrected chi connectivity index (χ0v) is 12.7. The number of nitrogens with one attached hydrogen (secondary N) is 2. The lowest BCUT2D eigenvalue weighted by atomic mass is 9.99. The van der Waals surface area contributed by atoms with Crippen molar-refractivity contribution in [1.29, 1.82) is 0 Å². The van der Waals surface area contributed by atoms with Gasteiger partial charge in [-0.25, -0.2) is 0 Å². The van der Waals surface area contributed by atoms with Crippen LogP contribution >= 0.6 is 0 Å². The van der Waals surface area contributed by atoms with Crippen molar-refractivity contribution in [2.24, 2.45) is 5.92 Å². The summed E-state index contributed by atoms with van der Waals surface area (Å²) in [4.78, 5) is 14.2. The van der Waals surface area contributed by atoms with Gasteiger partial charge in [-0.3, -0.25) is 9.69 Å². The minimum atomic E-state index is 0.192. The molecule has 2 N–H and O–H groups in total. The zero-order valence-electron chi connectivity index (χ0n) is 12.7. The van der Waals surface area contributed by atoms with E-state index in [0.29, 0.717) is 12.5 Å². The molecule has 0 spiro atoms. The molecule has 1 saturated heterocycles. The number of rotatable bonds is 8. The Labute approximate surface area is 118 Å². The van der Waals surface area contributed by atoms with Crippen LogP contribution in [0.5, 0.6) is 0 Å². The third-order valence-corrected chi connectivity index (χ3v) is 3.93. The Balaban J connectivity index is 2.18. The van der Waals surface area contributed by atoms with Gasteiger partial charge in [0.25, 0.3) is 0 Å². The summed E-state index contributed by atoms with van der Waals surface area (Å²) < 4.78 is 0. The van der Waals surface area contributed by atoms with Crippen molar-refractivity contribution in [2.75, 3.05) is 39.3 Å². The highest BCUT2D eigenvalue weighted by molar-refractivity contribution is 5.78. The topological polar surface area (TPSA) is 44.4 Å². The normalized spacial score (nSPS) is 18.8. The second kappa shape index (κ2) is 10.2. The first-order valence-electron chi connectivity index (χ1n) is 7.96. The van der Waals surface area contributed by atoms with E-state index < -0.39 is 0 Å². The average Bonchev–Trinajstić information content (AvgIpc) is 2.67. The van der Waals surface area contributed by atoms with Gasteiger partial charge in [0.15, 0.2) is 0 Å². The molecule has 1 heterocycles. The lowest BCUT2D eigenvalue weighted by Gasteiger charge is -2.20. The average molecular weight is 269 g/mol. The molecule has 1 aliphatic rings. The number of nitrogens with zero attached hydrogens (tertiary/aromatic N) is 1. The van der Waals surface area contributed by atoms with Gasteiger partial charge in [-0.2, -0.15) is 0 Å². The Hall–Kier alpha value is -0.610. The third-order valence-electron chi connectivity index (χ3n) is 3.93. The third kappa shape index (κ3) is 7.53. The first-order chi connectivity index (χ1) is 9.26. The van der Waals surface area contributed by atoms with E-state index in [-0.39, 0.29) is 5.91 Å². The maximum atomic E-state index is 11.9. The molecular weight excluding hydrogens is 238 g/mol. The van der Waals surface area contributed by atoms with Gasteiger partial charge in [0.1, 0.15) is 0 Å². The second-order valence-corrected chi connectivity index (χ2v) is 5.60. The molecule has 0 radical (unpaired) electrons. The molecule has 1 amide bonds. The van der Waals surface area contributed by atoms with E-state index in [4.69, 9.17) is 0 Å². The zero-order chi connectivity index (χ0) is 13.9. The van der Waals surface area contributed by atoms with Crippen LogP contribution in [0.15, 0.2) is 0 Å². The molecule has 19 heavy (non-hydrogen) atoms. The van der Waals surface area contributed by atoms with Gasteiger partial charge in [0, 0.05) is 19.6 Å². The van der Waals surface area contributed by atoms with Crippen molar-refractivity contribution in [1.82, 2.24) is 15.5 Å². The van der Waals surface area contributed by atoms with Crippen molar-refractivity contribution in [2.45, 2.75) is 46.0 Å². The van der Waals surface area contributed by atoms with Gasteiger partial charge in [-0.05, 0) is 31.8 Å². The molecule has 0 aromatic rings. The van der Waals surface area contributed by atoms with Crippen LogP contribution in [-0.4, -0.2) is 50.1 Å². The molecule has 1 fully saturated rings. The predicted molar refractivity (Wildman–Crippen MR) is 80.2 cm³/mol. The van der Waals surface area contributed by atoms with Gasteiger partial charge in [-0.1, -0.05) is 33.1 Å². The van der Waals surface area contributed by atoms with Crippen molar-refractivity contribution in [3.8, 4) is 0 Å². The smallest absolute Gasteiger partial charge is 0.234 e. The van der Waals surface area contributed by atoms with Gasteiger partial charge in [0.2, 0.25) is 5.91 Å². The van der Waals surface area contributed by atoms with Crippen LogP contribution in [0, 0.1) is 5.92 Å². The number of carbonyl (C=O) groups excluding carboxylic acids is 1. The number of hydrogen-bond donors (Lipinski definition) is 2. The molecular formula is C15H31N3O. The highest BCUT2D eigenvalue weighted by atomic mass is 16.2. The van der Waals surface area contributed by atoms with Crippen LogP contribution in [0.2, 0.25) is 0 Å². The van der Waals surface area contributed by atoms with E-state index in [1.54, 1.807) is 0 Å². The first kappa shape index (κ1) is 16.4. The summed E-state index contributed by atoms with van der Waals surface area (Å²) >= 11 is 0. The Kier molecular flexibility index (Phi) is 8.84. The number of carbonyl (C=O) groups is 1. The molecule has 1 atom stereocenters. The Morgan fingerprint density at radius 1 is 1.32 bits per heavy atom. The van der Waals surface area contributed by atoms with Gasteiger partial charge in [0.05, 0.1) is 6.54 Å². The molecule has 1 unspecified atom stereocenters. The van der Waals surface area contributed by atoms with Crippen molar-refractivity contribution in [3.63, 3.8) is 0 Å². The fourth-order valence-electron chi connectivity index (χ4n) is 2.52. The molecule has 0 saturated carbocycles. The molecule has 1 aliphatic heterocycles. The van der Waals surface area contributed by atoms with E-state index in [1.807, 2.05) is 0 Å². The lowest BCUT2D eigenvalue weighted by molar-refractivity contribution is -0.122. The molecule has 0 aromatic carbocycles. The molecule has 112 valence electrons. The standard InChI is InChI=1S/C15H31N3O/c1-3-5-7-14(4-2)12-17-15(19)13-18-10-6-8-16-9-11-18/h14,16H,3-13H2,1-2H3,(H,17,19). The maximum absolute atomic E-state index is 11.9. The highest BCUT2D eigenvalue weighted by Gasteiger charge is 2.13. The fourth-order valence-corrected chi connectivity index (χ4v) is 2.52. The predicted octanol–water partition coefficient (Wildman–Crippen LogP) is 1.61. The summed E-state index contributed by atoms with van der Waals surface area (Å²) in [6.07, 6.45) is 6.05. The maximum Gasteiger partial charge on any atom is 0.234 e. The van der Waals surface area contributed by atoms with Crippen LogP contribution in [0.25, 0.3) is 0 Å². The minimum Gasteiger partial charge on any atom is -0.355 e. The Morgan fingerprint density at radius 3 is 2.89 bits per heavy atom. The highest BCUT2D eigenvalue weighted by Crippen LogP contribution is 2.11. The van der Waals surface area contributed by atoms with Gasteiger partial charge in [-0.15, -0.1) is 0 Å². The largest absolute Gasteiger partial charge is 0.355 e. The van der Waals surface area contributed by atoms with E-state index in [2.05, 4.69) is 29.4 Å². The molecule has 0 bridgehead atoms. The fraction of sp³-hybridized carbons (Fsp3) is 0.933. The minimum absolute atomic E-state index is 0.192.